The second-order valence-corrected chi connectivity index (χ2v) is 10.9. The third-order valence-corrected chi connectivity index (χ3v) is 8.54. The number of aliphatic hydroxyl groups is 1. The molecule has 0 bridgehead atoms. The second kappa shape index (κ2) is 9.09. The molecule has 9 heteroatoms. The molecule has 2 atom stereocenters. The van der Waals surface area contributed by atoms with Crippen LogP contribution in [0.1, 0.15) is 41.2 Å². The van der Waals surface area contributed by atoms with E-state index in [1.165, 1.54) is 11.3 Å². The van der Waals surface area contributed by atoms with Crippen LogP contribution in [0.4, 0.5) is 5.13 Å². The zero-order valence-corrected chi connectivity index (χ0v) is 20.6. The molecule has 2 aromatic carbocycles. The first kappa shape index (κ1) is 22.8. The van der Waals surface area contributed by atoms with Crippen molar-refractivity contribution in [3.8, 4) is 11.5 Å². The largest absolute Gasteiger partial charge is 0.454 e. The Labute approximate surface area is 212 Å². The number of β-amino-alcohol motifs (C(OH)–C–C–N with tert-alkyl or cyclic N) is 1. The molecule has 2 aliphatic heterocycles. The van der Waals surface area contributed by atoms with E-state index in [0.29, 0.717) is 28.2 Å². The van der Waals surface area contributed by atoms with Crippen LogP contribution in [0.2, 0.25) is 5.02 Å². The molecule has 3 aliphatic rings. The zero-order valence-electron chi connectivity index (χ0n) is 19.1. The van der Waals surface area contributed by atoms with E-state index in [1.807, 2.05) is 48.7 Å². The average Bonchev–Trinajstić information content (AvgIpc) is 3.15. The van der Waals surface area contributed by atoms with Gasteiger partial charge in [-0.1, -0.05) is 35.9 Å². The SMILES string of the molecule is O=C(Nc1ncc(C(CN2CC[C@H](O)C2)c2ccccc2Cl)s1)C1(c2ccc3c(c2)OCO3)CC1. The van der Waals surface area contributed by atoms with Crippen LogP contribution < -0.4 is 14.8 Å². The topological polar surface area (TPSA) is 83.9 Å². The van der Waals surface area contributed by atoms with Crippen LogP contribution >= 0.6 is 22.9 Å². The first-order valence-corrected chi connectivity index (χ1v) is 13.0. The predicted octanol–water partition coefficient (Wildman–Crippen LogP) is 4.39. The minimum absolute atomic E-state index is 0.000831. The number of aliphatic hydroxyl groups excluding tert-OH is 1. The molecule has 0 radical (unpaired) electrons. The van der Waals surface area contributed by atoms with Gasteiger partial charge in [-0.15, -0.1) is 11.3 Å². The summed E-state index contributed by atoms with van der Waals surface area (Å²) in [7, 11) is 0. The summed E-state index contributed by atoms with van der Waals surface area (Å²) in [5.41, 5.74) is 1.41. The summed E-state index contributed by atoms with van der Waals surface area (Å²) >= 11 is 8.06. The van der Waals surface area contributed by atoms with Crippen LogP contribution in [0, 0.1) is 0 Å². The summed E-state index contributed by atoms with van der Waals surface area (Å²) in [5, 5.41) is 14.3. The van der Waals surface area contributed by atoms with Crippen LogP contribution in [-0.4, -0.2) is 53.4 Å². The number of fused-ring (bicyclic) bond motifs is 1. The van der Waals surface area contributed by atoms with Gasteiger partial charge in [-0.3, -0.25) is 9.69 Å². The maximum absolute atomic E-state index is 13.3. The Bertz CT molecular complexity index is 1260. The van der Waals surface area contributed by atoms with Crippen LogP contribution in [0.5, 0.6) is 11.5 Å². The number of thiazole rings is 1. The van der Waals surface area contributed by atoms with E-state index in [-0.39, 0.29) is 24.7 Å². The minimum Gasteiger partial charge on any atom is -0.454 e. The van der Waals surface area contributed by atoms with Gasteiger partial charge in [-0.2, -0.15) is 0 Å². The van der Waals surface area contributed by atoms with Gasteiger partial charge in [-0.25, -0.2) is 4.98 Å². The molecule has 7 nitrogen and oxygen atoms in total. The Morgan fingerprint density at radius 2 is 2.09 bits per heavy atom. The molecule has 3 aromatic rings. The average molecular weight is 512 g/mol. The highest BCUT2D eigenvalue weighted by atomic mass is 35.5. The fraction of sp³-hybridized carbons (Fsp3) is 0.385. The quantitative estimate of drug-likeness (QED) is 0.489. The summed E-state index contributed by atoms with van der Waals surface area (Å²) in [6, 6.07) is 13.6. The van der Waals surface area contributed by atoms with Crippen molar-refractivity contribution >= 4 is 34.0 Å². The number of hydrogen-bond acceptors (Lipinski definition) is 7. The van der Waals surface area contributed by atoms with Crippen LogP contribution in [0.15, 0.2) is 48.7 Å². The number of halogens is 1. The lowest BCUT2D eigenvalue weighted by Gasteiger charge is -2.23. The summed E-state index contributed by atoms with van der Waals surface area (Å²) in [6.45, 7) is 2.45. The van der Waals surface area contributed by atoms with Crippen molar-refractivity contribution in [2.75, 3.05) is 31.7 Å². The molecule has 1 saturated heterocycles. The van der Waals surface area contributed by atoms with Crippen LogP contribution in [0.3, 0.4) is 0 Å². The number of hydrogen-bond donors (Lipinski definition) is 2. The number of ether oxygens (including phenoxy) is 2. The second-order valence-electron chi connectivity index (χ2n) is 9.45. The van der Waals surface area contributed by atoms with Crippen molar-refractivity contribution < 1.29 is 19.4 Å². The highest BCUT2D eigenvalue weighted by molar-refractivity contribution is 7.15. The molecule has 1 aromatic heterocycles. The lowest BCUT2D eigenvalue weighted by molar-refractivity contribution is -0.118. The number of amides is 1. The lowest BCUT2D eigenvalue weighted by atomic mass is 9.94. The molecule has 1 aliphatic carbocycles. The number of rotatable bonds is 7. The van der Waals surface area contributed by atoms with Gasteiger partial charge in [0.15, 0.2) is 16.6 Å². The number of anilines is 1. The fourth-order valence-corrected chi connectivity index (χ4v) is 6.21. The van der Waals surface area contributed by atoms with E-state index >= 15 is 0 Å². The summed E-state index contributed by atoms with van der Waals surface area (Å²) < 4.78 is 10.9. The number of carbonyl (C=O) groups excluding carboxylic acids is 1. The van der Waals surface area contributed by atoms with Crippen LogP contribution in [-0.2, 0) is 10.2 Å². The van der Waals surface area contributed by atoms with Gasteiger partial charge in [0.05, 0.1) is 11.5 Å². The number of carbonyl (C=O) groups is 1. The molecule has 2 fully saturated rings. The maximum Gasteiger partial charge on any atom is 0.236 e. The molecule has 1 unspecified atom stereocenters. The van der Waals surface area contributed by atoms with E-state index in [9.17, 15) is 9.90 Å². The van der Waals surface area contributed by atoms with Gasteiger partial charge in [0.25, 0.3) is 0 Å². The Morgan fingerprint density at radius 1 is 1.26 bits per heavy atom. The lowest BCUT2D eigenvalue weighted by Crippen LogP contribution is -2.28. The van der Waals surface area contributed by atoms with E-state index in [1.54, 1.807) is 0 Å². The zero-order chi connectivity index (χ0) is 24.0. The van der Waals surface area contributed by atoms with E-state index < -0.39 is 5.41 Å². The normalized spacial score (nSPS) is 21.1. The number of aromatic nitrogens is 1. The number of nitrogens with zero attached hydrogens (tertiary/aromatic N) is 2. The number of nitrogens with one attached hydrogen (secondary N) is 1. The first-order valence-electron chi connectivity index (χ1n) is 11.8. The summed E-state index contributed by atoms with van der Waals surface area (Å²) in [5.74, 6) is 1.36. The molecular formula is C26H26ClN3O4S. The van der Waals surface area contributed by atoms with Crippen molar-refractivity contribution in [3.63, 3.8) is 0 Å². The molecule has 35 heavy (non-hydrogen) atoms. The molecule has 0 spiro atoms. The third-order valence-electron chi connectivity index (χ3n) is 7.17. The maximum atomic E-state index is 13.3. The fourth-order valence-electron chi connectivity index (χ4n) is 5.02. The molecule has 182 valence electrons. The summed E-state index contributed by atoms with van der Waals surface area (Å²) in [6.07, 6.45) is 3.90. The molecule has 6 rings (SSSR count). The Balaban J connectivity index is 1.22. The third kappa shape index (κ3) is 4.40. The van der Waals surface area contributed by atoms with Gasteiger partial charge in [0, 0.05) is 41.6 Å². The molecule has 2 N–H and O–H groups in total. The molecule has 1 amide bonds. The molecule has 3 heterocycles. The predicted molar refractivity (Wildman–Crippen MR) is 135 cm³/mol. The van der Waals surface area contributed by atoms with Gasteiger partial charge in [0.2, 0.25) is 12.7 Å². The Hall–Kier alpha value is -2.65. The van der Waals surface area contributed by atoms with Crippen LogP contribution in [0.25, 0.3) is 0 Å². The van der Waals surface area contributed by atoms with E-state index in [2.05, 4.69) is 15.2 Å². The minimum atomic E-state index is -0.555. The standard InChI is InChI=1S/C26H26ClN3O4S/c27-20-4-2-1-3-18(20)19(14-30-10-7-17(31)13-30)23-12-28-25(35-23)29-24(32)26(8-9-26)16-5-6-21-22(11-16)34-15-33-21/h1-6,11-12,17,19,31H,7-10,13-15H2,(H,28,29,32)/t17-,19?/m0/s1. The van der Waals surface area contributed by atoms with Crippen molar-refractivity contribution in [1.29, 1.82) is 0 Å². The first-order chi connectivity index (χ1) is 17.0. The van der Waals surface area contributed by atoms with Crippen molar-refractivity contribution in [3.05, 3.63) is 69.7 Å². The van der Waals surface area contributed by atoms with Gasteiger partial charge in [0.1, 0.15) is 0 Å². The smallest absolute Gasteiger partial charge is 0.236 e. The number of benzene rings is 2. The van der Waals surface area contributed by atoms with Gasteiger partial charge >= 0.3 is 0 Å². The highest BCUT2D eigenvalue weighted by Gasteiger charge is 2.52. The molecular weight excluding hydrogens is 486 g/mol. The monoisotopic (exact) mass is 511 g/mol. The van der Waals surface area contributed by atoms with E-state index in [0.717, 1.165) is 48.4 Å². The Kier molecular flexibility index (Phi) is 5.92. The Morgan fingerprint density at radius 3 is 2.86 bits per heavy atom. The highest BCUT2D eigenvalue weighted by Crippen LogP contribution is 2.51. The van der Waals surface area contributed by atoms with Crippen molar-refractivity contribution in [1.82, 2.24) is 9.88 Å². The van der Waals surface area contributed by atoms with Gasteiger partial charge in [-0.05, 0) is 48.6 Å². The van der Waals surface area contributed by atoms with Crippen molar-refractivity contribution in [2.45, 2.75) is 36.7 Å². The van der Waals surface area contributed by atoms with E-state index in [4.69, 9.17) is 21.1 Å². The number of likely N-dealkylation sites (tertiary alicyclic amines) is 1. The van der Waals surface area contributed by atoms with Crippen molar-refractivity contribution in [2.24, 2.45) is 0 Å². The van der Waals surface area contributed by atoms with Gasteiger partial charge < -0.3 is 19.9 Å². The molecule has 1 saturated carbocycles. The summed E-state index contributed by atoms with van der Waals surface area (Å²) in [4.78, 5) is 21.2.